The third-order valence-corrected chi connectivity index (χ3v) is 6.13. The van der Waals surface area contributed by atoms with Crippen molar-refractivity contribution in [1.29, 1.82) is 0 Å². The number of amides is 3. The van der Waals surface area contributed by atoms with E-state index in [4.69, 9.17) is 5.73 Å². The fourth-order valence-electron chi connectivity index (χ4n) is 3.47. The van der Waals surface area contributed by atoms with Gasteiger partial charge in [-0.2, -0.15) is 5.10 Å². The number of nitrogens with zero attached hydrogens (tertiary/aromatic N) is 5. The number of carbonyl (C=O) groups excluding carboxylic acids is 3. The van der Waals surface area contributed by atoms with Crippen molar-refractivity contribution in [2.45, 2.75) is 40.6 Å². The Labute approximate surface area is 232 Å². The van der Waals surface area contributed by atoms with Crippen LogP contribution in [0.25, 0.3) is 21.1 Å². The first-order valence-electron chi connectivity index (χ1n) is 12.1. The highest BCUT2D eigenvalue weighted by Crippen LogP contribution is 2.23. The van der Waals surface area contributed by atoms with Crippen LogP contribution >= 0.6 is 11.3 Å². The molecule has 0 bridgehead atoms. The van der Waals surface area contributed by atoms with Crippen LogP contribution in [0.5, 0.6) is 0 Å². The molecule has 11 nitrogen and oxygen atoms in total. The summed E-state index contributed by atoms with van der Waals surface area (Å²) < 4.78 is 1.26. The molecule has 1 aromatic carbocycles. The average Bonchev–Trinajstić information content (AvgIpc) is 3.62. The largest absolute Gasteiger partial charge is 0.383 e. The molecule has 5 rings (SSSR count). The van der Waals surface area contributed by atoms with Gasteiger partial charge in [-0.15, -0.1) is 11.3 Å². The maximum Gasteiger partial charge on any atom is 0.229 e. The number of nitrogen functional groups attached to an aromatic ring is 1. The third kappa shape index (κ3) is 8.64. The highest BCUT2D eigenvalue weighted by molar-refractivity contribution is 7.16. The molecule has 4 N–H and O–H groups in total. The zero-order chi connectivity index (χ0) is 28.9. The van der Waals surface area contributed by atoms with Crippen LogP contribution in [0.1, 0.15) is 27.7 Å². The minimum atomic E-state index is -0.160. The molecule has 1 aliphatic rings. The number of para-hydroxylation sites is 1. The third-order valence-electron chi connectivity index (χ3n) is 5.32. The molecule has 204 valence electrons. The number of pyridine rings is 1. The lowest BCUT2D eigenvalue weighted by Gasteiger charge is -2.33. The summed E-state index contributed by atoms with van der Waals surface area (Å²) in [4.78, 5) is 44.3. The van der Waals surface area contributed by atoms with E-state index in [0.29, 0.717) is 29.0 Å². The van der Waals surface area contributed by atoms with Gasteiger partial charge in [-0.3, -0.25) is 19.5 Å². The van der Waals surface area contributed by atoms with Gasteiger partial charge in [-0.1, -0.05) is 32.8 Å². The van der Waals surface area contributed by atoms with Crippen molar-refractivity contribution in [3.05, 3.63) is 54.6 Å². The van der Waals surface area contributed by atoms with Crippen molar-refractivity contribution in [3.8, 4) is 0 Å². The standard InChI is InChI=1S/C10H16N2O2.C8H9N5O.C7H5NS.CH3B/c1-8(2)10(14)12-5-4-11(7-13)6-9(12)3;1-4(14)12-6-3-10-8(9)5-2-11-13-7(5)6;1-2-4-7-6(3-1)8-5-9-7;1-2/h4-5,7-9H,6H2,1-3H3;2-3H,1H3,(H2,9,10)(H,11,13)(H,12,14);1-5H;1H3. The van der Waals surface area contributed by atoms with E-state index in [9.17, 15) is 14.4 Å². The summed E-state index contributed by atoms with van der Waals surface area (Å²) in [7, 11) is 4.50. The molecule has 0 aliphatic carbocycles. The van der Waals surface area contributed by atoms with Crippen molar-refractivity contribution in [2.24, 2.45) is 5.92 Å². The number of nitrogens with two attached hydrogens (primary N) is 1. The van der Waals surface area contributed by atoms with Crippen molar-refractivity contribution in [1.82, 2.24) is 30.0 Å². The fourth-order valence-corrected chi connectivity index (χ4v) is 4.15. The van der Waals surface area contributed by atoms with Gasteiger partial charge in [0, 0.05) is 31.8 Å². The van der Waals surface area contributed by atoms with E-state index in [-0.39, 0.29) is 23.8 Å². The first-order valence-corrected chi connectivity index (χ1v) is 13.0. The number of hydrogen-bond acceptors (Lipinski definition) is 8. The predicted molar refractivity (Wildman–Crippen MR) is 157 cm³/mol. The van der Waals surface area contributed by atoms with E-state index < -0.39 is 0 Å². The summed E-state index contributed by atoms with van der Waals surface area (Å²) in [5.41, 5.74) is 9.85. The number of carbonyl (C=O) groups is 3. The number of rotatable bonds is 3. The van der Waals surface area contributed by atoms with Crippen LogP contribution in [0.3, 0.4) is 0 Å². The zero-order valence-electron chi connectivity index (χ0n) is 22.7. The molecule has 0 saturated carbocycles. The Morgan fingerprint density at radius 1 is 1.21 bits per heavy atom. The molecular formula is C26H33BN8O3S. The SMILES string of the molecule is CC(=O)Nc1cnc(N)c2cn[nH]c12.CC(C)C(=O)N1C=CN(C=O)CC1C.[B]C.c1ccc2scnc2c1. The number of H-pyrrole nitrogens is 1. The lowest BCUT2D eigenvalue weighted by Crippen LogP contribution is -2.45. The van der Waals surface area contributed by atoms with Crippen LogP contribution in [-0.4, -0.2) is 68.6 Å². The summed E-state index contributed by atoms with van der Waals surface area (Å²) in [6.07, 6.45) is 7.14. The van der Waals surface area contributed by atoms with Gasteiger partial charge in [0.15, 0.2) is 0 Å². The number of aromatic nitrogens is 4. The van der Waals surface area contributed by atoms with E-state index in [1.54, 1.807) is 34.8 Å². The summed E-state index contributed by atoms with van der Waals surface area (Å²) >= 11 is 1.68. The summed E-state index contributed by atoms with van der Waals surface area (Å²) in [6.45, 7) is 9.17. The molecule has 0 fully saturated rings. The number of benzene rings is 1. The number of nitrogens with one attached hydrogen (secondary N) is 2. The second-order valence-electron chi connectivity index (χ2n) is 8.57. The lowest BCUT2D eigenvalue weighted by atomic mass is 10.1. The predicted octanol–water partition coefficient (Wildman–Crippen LogP) is 3.80. The second kappa shape index (κ2) is 15.2. The molecule has 13 heteroatoms. The van der Waals surface area contributed by atoms with E-state index in [0.717, 1.165) is 11.9 Å². The molecular weight excluding hydrogens is 515 g/mol. The number of aromatic amines is 1. The zero-order valence-corrected chi connectivity index (χ0v) is 23.5. The Morgan fingerprint density at radius 2 is 1.92 bits per heavy atom. The van der Waals surface area contributed by atoms with E-state index >= 15 is 0 Å². The van der Waals surface area contributed by atoms with Gasteiger partial charge in [-0.25, -0.2) is 9.97 Å². The average molecular weight is 548 g/mol. The molecule has 1 aliphatic heterocycles. The molecule has 1 atom stereocenters. The minimum Gasteiger partial charge on any atom is -0.383 e. The Hall–Kier alpha value is -4.26. The molecule has 4 aromatic rings. The smallest absolute Gasteiger partial charge is 0.229 e. The van der Waals surface area contributed by atoms with Gasteiger partial charge in [0.2, 0.25) is 18.2 Å². The Balaban J connectivity index is 0.000000203. The first kappa shape index (κ1) is 31.0. The summed E-state index contributed by atoms with van der Waals surface area (Å²) in [6, 6.07) is 8.18. The van der Waals surface area contributed by atoms with E-state index in [2.05, 4.69) is 39.4 Å². The molecule has 39 heavy (non-hydrogen) atoms. The normalized spacial score (nSPS) is 13.9. The van der Waals surface area contributed by atoms with Crippen LogP contribution < -0.4 is 11.1 Å². The molecule has 3 amide bonds. The maximum atomic E-state index is 11.7. The lowest BCUT2D eigenvalue weighted by molar-refractivity contribution is -0.135. The molecule has 0 spiro atoms. The quantitative estimate of drug-likeness (QED) is 0.260. The van der Waals surface area contributed by atoms with Crippen molar-refractivity contribution in [2.75, 3.05) is 17.6 Å². The van der Waals surface area contributed by atoms with Gasteiger partial charge < -0.3 is 20.9 Å². The van der Waals surface area contributed by atoms with Crippen LogP contribution in [0.4, 0.5) is 11.5 Å². The Bertz CT molecular complexity index is 1370. The number of anilines is 2. The Morgan fingerprint density at radius 3 is 2.54 bits per heavy atom. The summed E-state index contributed by atoms with van der Waals surface area (Å²) in [5.74, 6) is 0.319. The van der Waals surface area contributed by atoms with Gasteiger partial charge >= 0.3 is 0 Å². The molecule has 3 aromatic heterocycles. The number of thiazole rings is 1. The van der Waals surface area contributed by atoms with Crippen molar-refractivity contribution in [3.63, 3.8) is 0 Å². The maximum absolute atomic E-state index is 11.7. The molecule has 0 saturated heterocycles. The van der Waals surface area contributed by atoms with Gasteiger partial charge in [0.1, 0.15) is 5.82 Å². The highest BCUT2D eigenvalue weighted by atomic mass is 32.1. The highest BCUT2D eigenvalue weighted by Gasteiger charge is 2.24. The van der Waals surface area contributed by atoms with Crippen LogP contribution in [0.2, 0.25) is 6.82 Å². The fraction of sp³-hybridized carbons (Fsp3) is 0.308. The van der Waals surface area contributed by atoms with Gasteiger partial charge in [0.25, 0.3) is 0 Å². The topological polar surface area (TPSA) is 150 Å². The number of hydrogen-bond donors (Lipinski definition) is 3. The molecule has 4 heterocycles. The number of fused-ring (bicyclic) bond motifs is 2. The summed E-state index contributed by atoms with van der Waals surface area (Å²) in [5, 5.41) is 9.92. The molecule has 2 radical (unpaired) electrons. The van der Waals surface area contributed by atoms with Crippen LogP contribution in [0.15, 0.2) is 54.6 Å². The first-order chi connectivity index (χ1) is 18.7. The van der Waals surface area contributed by atoms with Crippen LogP contribution in [0, 0.1) is 5.92 Å². The Kier molecular flexibility index (Phi) is 12.1. The second-order valence-corrected chi connectivity index (χ2v) is 9.45. The van der Waals surface area contributed by atoms with E-state index in [1.807, 2.05) is 44.5 Å². The van der Waals surface area contributed by atoms with Gasteiger partial charge in [-0.05, 0) is 19.1 Å². The monoisotopic (exact) mass is 548 g/mol. The van der Waals surface area contributed by atoms with Gasteiger partial charge in [0.05, 0.1) is 58.6 Å². The van der Waals surface area contributed by atoms with Crippen molar-refractivity contribution >= 4 is 70.0 Å². The van der Waals surface area contributed by atoms with E-state index in [1.165, 1.54) is 29.5 Å². The minimum absolute atomic E-state index is 0.00937. The molecule has 1 unspecified atom stereocenters. The van der Waals surface area contributed by atoms with Crippen molar-refractivity contribution < 1.29 is 14.4 Å². The van der Waals surface area contributed by atoms with Crippen LogP contribution in [-0.2, 0) is 14.4 Å².